The first-order chi connectivity index (χ1) is 17.0. The van der Waals surface area contributed by atoms with Gasteiger partial charge in [-0.2, -0.15) is 8.42 Å². The summed E-state index contributed by atoms with van der Waals surface area (Å²) in [7, 11) is -2.86. The first-order valence-electron chi connectivity index (χ1n) is 13.8. The molecule has 0 atom stereocenters. The molecular weight excluding hydrogens is 458 g/mol. The van der Waals surface area contributed by atoms with Gasteiger partial charge in [-0.1, -0.05) is 109 Å². The fourth-order valence-electron chi connectivity index (χ4n) is 4.64. The molecular formula is C29H47NO4S. The van der Waals surface area contributed by atoms with Crippen molar-refractivity contribution in [3.8, 4) is 5.75 Å². The van der Waals surface area contributed by atoms with Gasteiger partial charge in [-0.15, -0.1) is 0 Å². The standard InChI is InChI=1S/C29H47NO4S/c1-3-4-5-6-7-8-9-10-11-12-13-14-15-16-17-18-21-30-26-20-19-25-22-27(34-2)24-29(28(25)23-26)35(31,32)33/h19-20,22-24,30H,3-18,21H2,1-2H3,(H,31,32,33). The second kappa shape index (κ2) is 16.8. The molecule has 0 unspecified atom stereocenters. The van der Waals surface area contributed by atoms with Crippen molar-refractivity contribution < 1.29 is 17.7 Å². The predicted molar refractivity (Wildman–Crippen MR) is 148 cm³/mol. The van der Waals surface area contributed by atoms with Crippen LogP contribution in [0.25, 0.3) is 10.8 Å². The number of fused-ring (bicyclic) bond motifs is 1. The Morgan fingerprint density at radius 3 is 1.74 bits per heavy atom. The molecule has 0 aliphatic carbocycles. The van der Waals surface area contributed by atoms with E-state index in [1.165, 1.54) is 109 Å². The third-order valence-electron chi connectivity index (χ3n) is 6.76. The number of anilines is 1. The van der Waals surface area contributed by atoms with Crippen LogP contribution in [0.4, 0.5) is 5.69 Å². The second-order valence-corrected chi connectivity index (χ2v) is 11.2. The topological polar surface area (TPSA) is 75.6 Å². The summed E-state index contributed by atoms with van der Waals surface area (Å²) in [5.41, 5.74) is 0.855. The Morgan fingerprint density at radius 2 is 1.26 bits per heavy atom. The van der Waals surface area contributed by atoms with Gasteiger partial charge in [-0.25, -0.2) is 0 Å². The van der Waals surface area contributed by atoms with E-state index in [1.54, 1.807) is 12.1 Å². The molecule has 2 aromatic rings. The van der Waals surface area contributed by atoms with E-state index in [0.29, 0.717) is 16.5 Å². The molecule has 0 heterocycles. The van der Waals surface area contributed by atoms with Crippen molar-refractivity contribution in [1.82, 2.24) is 0 Å². The Balaban J connectivity index is 1.55. The van der Waals surface area contributed by atoms with Gasteiger partial charge in [0.1, 0.15) is 10.6 Å². The van der Waals surface area contributed by atoms with E-state index in [9.17, 15) is 13.0 Å². The quantitative estimate of drug-likeness (QED) is 0.139. The Labute approximate surface area is 213 Å². The molecule has 0 amide bonds. The molecule has 0 radical (unpaired) electrons. The molecule has 0 aliphatic heterocycles. The van der Waals surface area contributed by atoms with Gasteiger partial charge in [0.2, 0.25) is 0 Å². The van der Waals surface area contributed by atoms with Crippen LogP contribution in [-0.2, 0) is 10.1 Å². The van der Waals surface area contributed by atoms with Crippen LogP contribution in [0.15, 0.2) is 35.2 Å². The van der Waals surface area contributed by atoms with Crippen molar-refractivity contribution in [2.75, 3.05) is 19.0 Å². The van der Waals surface area contributed by atoms with Gasteiger partial charge in [0.05, 0.1) is 7.11 Å². The van der Waals surface area contributed by atoms with E-state index in [0.717, 1.165) is 18.7 Å². The van der Waals surface area contributed by atoms with E-state index in [-0.39, 0.29) is 4.90 Å². The average molecular weight is 506 g/mol. The zero-order chi connectivity index (χ0) is 25.4. The van der Waals surface area contributed by atoms with Gasteiger partial charge in [0.15, 0.2) is 0 Å². The summed E-state index contributed by atoms with van der Waals surface area (Å²) in [4.78, 5) is -0.127. The average Bonchev–Trinajstić information content (AvgIpc) is 2.84. The highest BCUT2D eigenvalue weighted by molar-refractivity contribution is 7.86. The lowest BCUT2D eigenvalue weighted by Gasteiger charge is -2.11. The Morgan fingerprint density at radius 1 is 0.743 bits per heavy atom. The van der Waals surface area contributed by atoms with Gasteiger partial charge < -0.3 is 10.1 Å². The summed E-state index contributed by atoms with van der Waals surface area (Å²) in [6.45, 7) is 3.12. The van der Waals surface area contributed by atoms with Gasteiger partial charge in [-0.05, 0) is 30.0 Å². The number of ether oxygens (including phenoxy) is 1. The Kier molecular flexibility index (Phi) is 14.1. The van der Waals surface area contributed by atoms with Gasteiger partial charge in [-0.3, -0.25) is 4.55 Å². The minimum Gasteiger partial charge on any atom is -0.497 e. The third kappa shape index (κ3) is 11.7. The number of unbranched alkanes of at least 4 members (excludes halogenated alkanes) is 15. The lowest BCUT2D eigenvalue weighted by molar-refractivity contribution is 0.413. The molecule has 0 spiro atoms. The van der Waals surface area contributed by atoms with Gasteiger partial charge in [0, 0.05) is 23.7 Å². The van der Waals surface area contributed by atoms with E-state index in [2.05, 4.69) is 12.2 Å². The summed E-state index contributed by atoms with van der Waals surface area (Å²) in [6, 6.07) is 8.69. The summed E-state index contributed by atoms with van der Waals surface area (Å²) in [5.74, 6) is 0.402. The zero-order valence-electron chi connectivity index (χ0n) is 22.0. The number of hydrogen-bond donors (Lipinski definition) is 2. The molecule has 2 aromatic carbocycles. The zero-order valence-corrected chi connectivity index (χ0v) is 22.8. The molecule has 2 rings (SSSR count). The molecule has 35 heavy (non-hydrogen) atoms. The normalized spacial score (nSPS) is 11.7. The highest BCUT2D eigenvalue weighted by Gasteiger charge is 2.16. The molecule has 0 aliphatic rings. The maximum absolute atomic E-state index is 11.8. The van der Waals surface area contributed by atoms with E-state index in [4.69, 9.17) is 4.74 Å². The van der Waals surface area contributed by atoms with Crippen LogP contribution in [0.1, 0.15) is 110 Å². The van der Waals surface area contributed by atoms with Crippen LogP contribution in [0.3, 0.4) is 0 Å². The van der Waals surface area contributed by atoms with Crippen molar-refractivity contribution in [2.45, 2.75) is 115 Å². The number of benzene rings is 2. The van der Waals surface area contributed by atoms with Crippen molar-refractivity contribution >= 4 is 26.6 Å². The molecule has 0 aromatic heterocycles. The van der Waals surface area contributed by atoms with Crippen molar-refractivity contribution in [2.24, 2.45) is 0 Å². The minimum atomic E-state index is -4.34. The smallest absolute Gasteiger partial charge is 0.295 e. The molecule has 0 saturated heterocycles. The summed E-state index contributed by atoms with van der Waals surface area (Å²) in [5, 5.41) is 4.59. The van der Waals surface area contributed by atoms with Gasteiger partial charge >= 0.3 is 0 Å². The fourth-order valence-corrected chi connectivity index (χ4v) is 5.36. The van der Waals surface area contributed by atoms with Crippen LogP contribution in [0, 0.1) is 0 Å². The van der Waals surface area contributed by atoms with E-state index in [1.807, 2.05) is 12.1 Å². The molecule has 0 saturated carbocycles. The maximum Gasteiger partial charge on any atom is 0.295 e. The summed E-state index contributed by atoms with van der Waals surface area (Å²) >= 11 is 0. The number of rotatable bonds is 20. The Bertz CT molecular complexity index is 959. The van der Waals surface area contributed by atoms with Crippen molar-refractivity contribution in [3.05, 3.63) is 30.3 Å². The van der Waals surface area contributed by atoms with Crippen LogP contribution >= 0.6 is 0 Å². The first kappa shape index (κ1) is 29.4. The minimum absolute atomic E-state index is 0.127. The first-order valence-corrected chi connectivity index (χ1v) is 15.2. The molecule has 5 nitrogen and oxygen atoms in total. The highest BCUT2D eigenvalue weighted by Crippen LogP contribution is 2.30. The van der Waals surface area contributed by atoms with Crippen LogP contribution < -0.4 is 10.1 Å². The highest BCUT2D eigenvalue weighted by atomic mass is 32.2. The molecule has 0 bridgehead atoms. The molecule has 6 heteroatoms. The SMILES string of the molecule is CCCCCCCCCCCCCCCCCCNc1ccc2cc(OC)cc(S(=O)(=O)O)c2c1. The summed E-state index contributed by atoms with van der Waals surface area (Å²) < 4.78 is 38.5. The van der Waals surface area contributed by atoms with Crippen molar-refractivity contribution in [3.63, 3.8) is 0 Å². The number of hydrogen-bond acceptors (Lipinski definition) is 4. The lowest BCUT2D eigenvalue weighted by Crippen LogP contribution is -2.03. The monoisotopic (exact) mass is 505 g/mol. The second-order valence-electron chi connectivity index (χ2n) is 9.77. The van der Waals surface area contributed by atoms with Crippen LogP contribution in [0.5, 0.6) is 5.75 Å². The largest absolute Gasteiger partial charge is 0.497 e. The maximum atomic E-state index is 11.8. The van der Waals surface area contributed by atoms with Crippen LogP contribution in [-0.4, -0.2) is 26.6 Å². The van der Waals surface area contributed by atoms with Gasteiger partial charge in [0.25, 0.3) is 10.1 Å². The Hall–Kier alpha value is -1.79. The lowest BCUT2D eigenvalue weighted by atomic mass is 10.0. The molecule has 198 valence electrons. The molecule has 2 N–H and O–H groups in total. The third-order valence-corrected chi connectivity index (χ3v) is 7.66. The fraction of sp³-hybridized carbons (Fsp3) is 0.655. The van der Waals surface area contributed by atoms with Crippen molar-refractivity contribution in [1.29, 1.82) is 0 Å². The molecule has 0 fully saturated rings. The summed E-state index contributed by atoms with van der Waals surface area (Å²) in [6.07, 6.45) is 21.6. The van der Waals surface area contributed by atoms with E-state index < -0.39 is 10.1 Å². The number of nitrogens with one attached hydrogen (secondary N) is 1. The number of methoxy groups -OCH3 is 1. The predicted octanol–water partition coefficient (Wildman–Crippen LogP) is 8.77. The van der Waals surface area contributed by atoms with Crippen LogP contribution in [0.2, 0.25) is 0 Å². The van der Waals surface area contributed by atoms with E-state index >= 15 is 0 Å².